The number of fused-ring (bicyclic) bond motifs is 2. The van der Waals surface area contributed by atoms with Crippen molar-refractivity contribution in [2.24, 2.45) is 0 Å². The predicted molar refractivity (Wildman–Crippen MR) is 97.5 cm³/mol. The van der Waals surface area contributed by atoms with Crippen LogP contribution in [0.4, 0.5) is 0 Å². The Morgan fingerprint density at radius 3 is 1.48 bits per heavy atom. The minimum absolute atomic E-state index is 0.779. The van der Waals surface area contributed by atoms with Crippen molar-refractivity contribution >= 4 is 0 Å². The highest BCUT2D eigenvalue weighted by Gasteiger charge is 2.28. The van der Waals surface area contributed by atoms with Crippen molar-refractivity contribution in [3.8, 4) is 0 Å². The fourth-order valence-corrected chi connectivity index (χ4v) is 4.99. The van der Waals surface area contributed by atoms with E-state index < -0.39 is 0 Å². The molecule has 4 rings (SSSR count). The molecule has 4 aliphatic heterocycles. The van der Waals surface area contributed by atoms with Crippen LogP contribution < -0.4 is 0 Å². The molecule has 0 aromatic carbocycles. The average molecular weight is 323 g/mol. The lowest BCUT2D eigenvalue weighted by Crippen LogP contribution is -2.53. The highest BCUT2D eigenvalue weighted by Crippen LogP contribution is 2.23. The van der Waals surface area contributed by atoms with Crippen LogP contribution in [-0.4, -0.2) is 85.3 Å². The summed E-state index contributed by atoms with van der Waals surface area (Å²) in [4.78, 5) is 10.4. The summed E-state index contributed by atoms with van der Waals surface area (Å²) in [6.07, 6.45) is 14.3. The Hall–Kier alpha value is -0.160. The van der Waals surface area contributed by atoms with Gasteiger partial charge in [0.1, 0.15) is 0 Å². The molecule has 4 heteroatoms. The maximum absolute atomic E-state index is 2.68. The highest BCUT2D eigenvalue weighted by atomic mass is 15.4. The lowest BCUT2D eigenvalue weighted by molar-refractivity contribution is -0.00403. The molecule has 0 saturated carbocycles. The van der Waals surface area contributed by atoms with Gasteiger partial charge in [-0.25, -0.2) is 0 Å². The molecular weight excluding hydrogens is 284 g/mol. The van der Waals surface area contributed by atoms with E-state index in [9.17, 15) is 0 Å². The quantitative estimate of drug-likeness (QED) is 0.680. The second-order valence-electron chi connectivity index (χ2n) is 8.05. The zero-order chi connectivity index (χ0) is 16.1. The van der Waals surface area contributed by atoms with Crippen molar-refractivity contribution in [1.29, 1.82) is 0 Å². The summed E-state index contributed by atoms with van der Waals surface area (Å²) >= 11 is 0. The zero-order valence-electron chi connectivity index (χ0n) is 15.6. The van der Waals surface area contributed by atoms with E-state index in [1.165, 1.54) is 97.1 Å². The Labute approximate surface area is 143 Å². The Bertz CT molecular complexity index is 346. The summed E-state index contributed by atoms with van der Waals surface area (Å²) in [5.74, 6) is 0. The van der Waals surface area contributed by atoms with Crippen LogP contribution in [0.1, 0.15) is 57.8 Å². The van der Waals surface area contributed by atoms with E-state index >= 15 is 0 Å². The van der Waals surface area contributed by atoms with Gasteiger partial charge < -0.3 is 0 Å². The molecule has 0 bridgehead atoms. The highest BCUT2D eigenvalue weighted by molar-refractivity contribution is 4.80. The van der Waals surface area contributed by atoms with Crippen LogP contribution in [0.2, 0.25) is 0 Å². The first kappa shape index (κ1) is 17.7. The minimum Gasteiger partial charge on any atom is -0.291 e. The Balaban J connectivity index is 0.000000136. The Kier molecular flexibility index (Phi) is 6.75. The van der Waals surface area contributed by atoms with Crippen LogP contribution in [0.15, 0.2) is 0 Å². The van der Waals surface area contributed by atoms with Crippen LogP contribution >= 0.6 is 0 Å². The third-order valence-electron chi connectivity index (χ3n) is 6.34. The van der Waals surface area contributed by atoms with Gasteiger partial charge in [-0.05, 0) is 72.1 Å². The zero-order valence-corrected chi connectivity index (χ0v) is 15.6. The van der Waals surface area contributed by atoms with E-state index in [4.69, 9.17) is 0 Å². The van der Waals surface area contributed by atoms with Gasteiger partial charge in [-0.2, -0.15) is 0 Å². The van der Waals surface area contributed by atoms with Crippen LogP contribution in [0.5, 0.6) is 0 Å². The molecule has 4 nitrogen and oxygen atoms in total. The molecule has 4 fully saturated rings. The molecule has 134 valence electrons. The number of rotatable bonds is 0. The lowest BCUT2D eigenvalue weighted by atomic mass is 10.0. The van der Waals surface area contributed by atoms with Crippen molar-refractivity contribution in [1.82, 2.24) is 19.6 Å². The normalized spacial score (nSPS) is 34.7. The number of nitrogens with zero attached hydrogens (tertiary/aromatic N) is 4. The largest absolute Gasteiger partial charge is 0.291 e. The van der Waals surface area contributed by atoms with Gasteiger partial charge >= 0.3 is 0 Å². The molecule has 0 spiro atoms. The van der Waals surface area contributed by atoms with Gasteiger partial charge in [-0.15, -0.1) is 0 Å². The van der Waals surface area contributed by atoms with Gasteiger partial charge in [0, 0.05) is 26.2 Å². The molecule has 0 aromatic rings. The summed E-state index contributed by atoms with van der Waals surface area (Å²) in [6.45, 7) is 7.98. The molecular formula is C19H38N4. The summed E-state index contributed by atoms with van der Waals surface area (Å²) in [6, 6.07) is 0. The minimum atomic E-state index is 0.779. The molecule has 4 saturated heterocycles. The first-order chi connectivity index (χ1) is 11.3. The van der Waals surface area contributed by atoms with E-state index in [0.717, 1.165) is 12.3 Å². The lowest BCUT2D eigenvalue weighted by Gasteiger charge is -2.44. The molecule has 0 aliphatic carbocycles. The molecule has 0 amide bonds. The van der Waals surface area contributed by atoms with Crippen molar-refractivity contribution in [2.45, 2.75) is 70.1 Å². The summed E-state index contributed by atoms with van der Waals surface area (Å²) in [5.41, 5.74) is 0. The smallest absolute Gasteiger partial charge is 0.0619 e. The van der Waals surface area contributed by atoms with Gasteiger partial charge in [0.15, 0.2) is 0 Å². The molecule has 0 radical (unpaired) electrons. The fourth-order valence-electron chi connectivity index (χ4n) is 4.99. The van der Waals surface area contributed by atoms with E-state index in [-0.39, 0.29) is 0 Å². The second kappa shape index (κ2) is 8.80. The van der Waals surface area contributed by atoms with E-state index in [2.05, 4.69) is 33.7 Å². The number of hydrogen-bond donors (Lipinski definition) is 0. The van der Waals surface area contributed by atoms with E-state index in [1.807, 2.05) is 0 Å². The van der Waals surface area contributed by atoms with Gasteiger partial charge in [0.2, 0.25) is 0 Å². The van der Waals surface area contributed by atoms with Gasteiger partial charge in [-0.3, -0.25) is 19.6 Å². The fraction of sp³-hybridized carbons (Fsp3) is 1.00. The maximum Gasteiger partial charge on any atom is 0.0619 e. The topological polar surface area (TPSA) is 13.0 Å². The van der Waals surface area contributed by atoms with Gasteiger partial charge in [-0.1, -0.05) is 12.8 Å². The molecule has 0 N–H and O–H groups in total. The molecule has 2 atom stereocenters. The standard InChI is InChI=1S/C10H20N2.C9H18N2/c1-11-7-5-9-12-8-4-2-3-6-10(11)12;1-10-6-4-8-11-7-3-2-5-9(10)11/h10H,2-9H2,1H3;9H,2-8H2,1H3. The third kappa shape index (κ3) is 4.68. The van der Waals surface area contributed by atoms with E-state index in [1.54, 1.807) is 0 Å². The summed E-state index contributed by atoms with van der Waals surface area (Å²) in [5, 5.41) is 0. The van der Waals surface area contributed by atoms with Crippen LogP contribution in [0, 0.1) is 0 Å². The van der Waals surface area contributed by atoms with Crippen LogP contribution in [0.25, 0.3) is 0 Å². The molecule has 4 heterocycles. The van der Waals surface area contributed by atoms with Crippen molar-refractivity contribution in [2.75, 3.05) is 53.4 Å². The average Bonchev–Trinajstić information content (AvgIpc) is 2.83. The van der Waals surface area contributed by atoms with Crippen molar-refractivity contribution in [3.63, 3.8) is 0 Å². The Morgan fingerprint density at radius 1 is 0.478 bits per heavy atom. The van der Waals surface area contributed by atoms with Gasteiger partial charge in [0.05, 0.1) is 12.3 Å². The third-order valence-corrected chi connectivity index (χ3v) is 6.34. The monoisotopic (exact) mass is 322 g/mol. The maximum atomic E-state index is 2.68. The summed E-state index contributed by atoms with van der Waals surface area (Å²) < 4.78 is 0. The van der Waals surface area contributed by atoms with Gasteiger partial charge in [0.25, 0.3) is 0 Å². The molecule has 2 unspecified atom stereocenters. The first-order valence-electron chi connectivity index (χ1n) is 10.1. The van der Waals surface area contributed by atoms with Crippen LogP contribution in [0.3, 0.4) is 0 Å². The van der Waals surface area contributed by atoms with Crippen LogP contribution in [-0.2, 0) is 0 Å². The Morgan fingerprint density at radius 2 is 0.913 bits per heavy atom. The van der Waals surface area contributed by atoms with Crippen molar-refractivity contribution in [3.05, 3.63) is 0 Å². The van der Waals surface area contributed by atoms with Crippen molar-refractivity contribution < 1.29 is 0 Å². The molecule has 0 aromatic heterocycles. The van der Waals surface area contributed by atoms with E-state index in [0.29, 0.717) is 0 Å². The number of piperidine rings is 1. The number of hydrogen-bond acceptors (Lipinski definition) is 4. The summed E-state index contributed by atoms with van der Waals surface area (Å²) in [7, 11) is 4.55. The molecule has 23 heavy (non-hydrogen) atoms. The SMILES string of the molecule is CN1CCCN2CCCCC12.CN1CCCN2CCCCCC12. The first-order valence-corrected chi connectivity index (χ1v) is 10.1. The second-order valence-corrected chi connectivity index (χ2v) is 8.05. The predicted octanol–water partition coefficient (Wildman–Crippen LogP) is 2.66. The molecule has 4 aliphatic rings.